The van der Waals surface area contributed by atoms with Crippen molar-refractivity contribution in [3.05, 3.63) is 47.5 Å². The second-order valence-corrected chi connectivity index (χ2v) is 6.83. The van der Waals surface area contributed by atoms with E-state index in [1.807, 2.05) is 30.3 Å². The van der Waals surface area contributed by atoms with Crippen LogP contribution in [0, 0.1) is 0 Å². The molecule has 2 rings (SSSR count). The van der Waals surface area contributed by atoms with Crippen molar-refractivity contribution in [3.63, 3.8) is 0 Å². The maximum Gasteiger partial charge on any atom is 0.197 e. The molecule has 0 bridgehead atoms. The summed E-state index contributed by atoms with van der Waals surface area (Å²) in [6.45, 7) is 0. The van der Waals surface area contributed by atoms with Gasteiger partial charge in [-0.3, -0.25) is 4.79 Å². The molecule has 0 spiro atoms. The monoisotopic (exact) mass is 316 g/mol. The molecule has 0 unspecified atom stereocenters. The first-order valence-corrected chi connectivity index (χ1v) is 6.12. The SMILES string of the molecule is O=Cc1cc2ccccc2cc1C(Cl)(Cl)Br. The van der Waals surface area contributed by atoms with Crippen LogP contribution < -0.4 is 0 Å². The summed E-state index contributed by atoms with van der Waals surface area (Å²) in [4.78, 5) is 11.0. The van der Waals surface area contributed by atoms with E-state index in [9.17, 15) is 4.79 Å². The van der Waals surface area contributed by atoms with Gasteiger partial charge in [-0.1, -0.05) is 47.5 Å². The largest absolute Gasteiger partial charge is 0.298 e. The van der Waals surface area contributed by atoms with Gasteiger partial charge in [0.15, 0.2) is 3.24 Å². The smallest absolute Gasteiger partial charge is 0.197 e. The van der Waals surface area contributed by atoms with E-state index in [0.29, 0.717) is 11.1 Å². The summed E-state index contributed by atoms with van der Waals surface area (Å²) >= 11 is 15.1. The summed E-state index contributed by atoms with van der Waals surface area (Å²) in [6.07, 6.45) is 0.753. The lowest BCUT2D eigenvalue weighted by atomic mass is 10.0. The van der Waals surface area contributed by atoms with Crippen LogP contribution in [0.25, 0.3) is 10.8 Å². The molecular weight excluding hydrogens is 311 g/mol. The fourth-order valence-electron chi connectivity index (χ4n) is 1.60. The van der Waals surface area contributed by atoms with Crippen LogP contribution in [0.3, 0.4) is 0 Å². The first kappa shape index (κ1) is 11.9. The fourth-order valence-corrected chi connectivity index (χ4v) is 2.27. The number of benzene rings is 2. The zero-order valence-corrected chi connectivity index (χ0v) is 11.2. The van der Waals surface area contributed by atoms with Crippen LogP contribution in [0.1, 0.15) is 15.9 Å². The Hall–Kier alpha value is -0.570. The summed E-state index contributed by atoms with van der Waals surface area (Å²) in [6, 6.07) is 11.3. The fraction of sp³-hybridized carbons (Fsp3) is 0.0833. The van der Waals surface area contributed by atoms with E-state index in [-0.39, 0.29) is 0 Å². The lowest BCUT2D eigenvalue weighted by Crippen LogP contribution is -2.04. The van der Waals surface area contributed by atoms with E-state index in [1.165, 1.54) is 0 Å². The lowest BCUT2D eigenvalue weighted by Gasteiger charge is -2.15. The Morgan fingerprint density at radius 3 is 2.19 bits per heavy atom. The molecule has 0 saturated carbocycles. The molecule has 82 valence electrons. The van der Waals surface area contributed by atoms with Crippen LogP contribution >= 0.6 is 39.1 Å². The van der Waals surface area contributed by atoms with Crippen LogP contribution in [0.4, 0.5) is 0 Å². The number of rotatable bonds is 2. The van der Waals surface area contributed by atoms with E-state index >= 15 is 0 Å². The van der Waals surface area contributed by atoms with Crippen LogP contribution in [-0.4, -0.2) is 6.29 Å². The second kappa shape index (κ2) is 4.36. The van der Waals surface area contributed by atoms with Crippen LogP contribution in [0.2, 0.25) is 0 Å². The minimum absolute atomic E-state index is 0.487. The zero-order chi connectivity index (χ0) is 11.8. The summed E-state index contributed by atoms with van der Waals surface area (Å²) in [5.41, 5.74) is 1.05. The number of alkyl halides is 3. The van der Waals surface area contributed by atoms with Gasteiger partial charge in [-0.2, -0.15) is 0 Å². The first-order valence-electron chi connectivity index (χ1n) is 4.57. The quantitative estimate of drug-likeness (QED) is 0.582. The first-order chi connectivity index (χ1) is 7.52. The second-order valence-electron chi connectivity index (χ2n) is 3.40. The standard InChI is InChI=1S/C12H7BrCl2O/c13-12(14,15)11-6-9-4-2-1-3-8(9)5-10(11)7-16/h1-7H. The van der Waals surface area contributed by atoms with E-state index in [1.54, 1.807) is 6.07 Å². The Morgan fingerprint density at radius 2 is 1.69 bits per heavy atom. The maximum absolute atomic E-state index is 11.0. The van der Waals surface area contributed by atoms with Gasteiger partial charge in [0.05, 0.1) is 0 Å². The molecule has 0 fully saturated rings. The third-order valence-electron chi connectivity index (χ3n) is 2.35. The lowest BCUT2D eigenvalue weighted by molar-refractivity contribution is 0.112. The summed E-state index contributed by atoms with van der Waals surface area (Å²) in [5.74, 6) is 0. The number of carbonyl (C=O) groups excluding carboxylic acids is 1. The van der Waals surface area contributed by atoms with Crippen molar-refractivity contribution in [2.24, 2.45) is 0 Å². The van der Waals surface area contributed by atoms with E-state index in [0.717, 1.165) is 17.1 Å². The van der Waals surface area contributed by atoms with E-state index < -0.39 is 3.24 Å². The highest BCUT2D eigenvalue weighted by Crippen LogP contribution is 2.42. The molecule has 2 aromatic rings. The Bertz CT molecular complexity index is 546. The number of aldehydes is 1. The van der Waals surface area contributed by atoms with Crippen molar-refractivity contribution < 1.29 is 4.79 Å². The minimum Gasteiger partial charge on any atom is -0.298 e. The third-order valence-corrected chi connectivity index (χ3v) is 3.18. The van der Waals surface area contributed by atoms with Gasteiger partial charge >= 0.3 is 0 Å². The van der Waals surface area contributed by atoms with Gasteiger partial charge in [0, 0.05) is 11.1 Å². The number of hydrogen-bond donors (Lipinski definition) is 0. The Kier molecular flexibility index (Phi) is 3.24. The van der Waals surface area contributed by atoms with Crippen LogP contribution in [0.15, 0.2) is 36.4 Å². The number of fused-ring (bicyclic) bond motifs is 1. The number of hydrogen-bond acceptors (Lipinski definition) is 1. The molecule has 0 radical (unpaired) electrons. The molecule has 2 aromatic carbocycles. The molecule has 4 heteroatoms. The van der Waals surface area contributed by atoms with Gasteiger partial charge in [0.1, 0.15) is 6.29 Å². The van der Waals surface area contributed by atoms with Crippen molar-refractivity contribution in [1.29, 1.82) is 0 Å². The molecule has 1 nitrogen and oxygen atoms in total. The van der Waals surface area contributed by atoms with Crippen molar-refractivity contribution in [2.45, 2.75) is 3.24 Å². The molecule has 0 aromatic heterocycles. The average molecular weight is 318 g/mol. The molecule has 0 heterocycles. The summed E-state index contributed by atoms with van der Waals surface area (Å²) in [5, 5.41) is 1.98. The highest BCUT2D eigenvalue weighted by Gasteiger charge is 2.25. The predicted molar refractivity (Wildman–Crippen MR) is 71.6 cm³/mol. The van der Waals surface area contributed by atoms with Crippen molar-refractivity contribution in [2.75, 3.05) is 0 Å². The highest BCUT2D eigenvalue weighted by atomic mass is 79.9. The van der Waals surface area contributed by atoms with Crippen molar-refractivity contribution in [3.8, 4) is 0 Å². The van der Waals surface area contributed by atoms with Gasteiger partial charge in [-0.05, 0) is 38.8 Å². The molecule has 0 N–H and O–H groups in total. The predicted octanol–water partition coefficient (Wildman–Crippen LogP) is 4.64. The van der Waals surface area contributed by atoms with Crippen molar-refractivity contribution >= 4 is 56.2 Å². The Morgan fingerprint density at radius 1 is 1.12 bits per heavy atom. The average Bonchev–Trinajstić information content (AvgIpc) is 2.26. The normalized spacial score (nSPS) is 11.7. The Balaban J connectivity index is 2.77. The molecule has 0 atom stereocenters. The highest BCUT2D eigenvalue weighted by molar-refractivity contribution is 9.10. The maximum atomic E-state index is 11.0. The molecule has 0 saturated heterocycles. The molecule has 0 aliphatic heterocycles. The van der Waals surface area contributed by atoms with Gasteiger partial charge in [-0.25, -0.2) is 0 Å². The Labute approximate surface area is 111 Å². The molecule has 0 aliphatic rings. The topological polar surface area (TPSA) is 17.1 Å². The third kappa shape index (κ3) is 2.24. The van der Waals surface area contributed by atoms with Crippen molar-refractivity contribution in [1.82, 2.24) is 0 Å². The molecule has 0 aliphatic carbocycles. The van der Waals surface area contributed by atoms with Gasteiger partial charge in [0.2, 0.25) is 0 Å². The molecular formula is C12H7BrCl2O. The van der Waals surface area contributed by atoms with Gasteiger partial charge in [-0.15, -0.1) is 0 Å². The van der Waals surface area contributed by atoms with Gasteiger partial charge in [0.25, 0.3) is 0 Å². The summed E-state index contributed by atoms with van der Waals surface area (Å²) < 4.78 is -1.24. The van der Waals surface area contributed by atoms with Crippen LogP contribution in [0.5, 0.6) is 0 Å². The number of halogens is 3. The molecule has 16 heavy (non-hydrogen) atoms. The molecule has 0 amide bonds. The van der Waals surface area contributed by atoms with E-state index in [2.05, 4.69) is 15.9 Å². The number of carbonyl (C=O) groups is 1. The minimum atomic E-state index is -1.24. The van der Waals surface area contributed by atoms with Gasteiger partial charge < -0.3 is 0 Å². The zero-order valence-electron chi connectivity index (χ0n) is 8.08. The van der Waals surface area contributed by atoms with Crippen LogP contribution in [-0.2, 0) is 3.24 Å². The summed E-state index contributed by atoms with van der Waals surface area (Å²) in [7, 11) is 0. The van der Waals surface area contributed by atoms with E-state index in [4.69, 9.17) is 23.2 Å².